The molecule has 0 unspecified atom stereocenters. The first kappa shape index (κ1) is 34.6. The molecule has 0 saturated heterocycles. The molecule has 0 aliphatic carbocycles. The first-order chi connectivity index (χ1) is 22.1. The van der Waals surface area contributed by atoms with Crippen LogP contribution in [0.2, 0.25) is 0 Å². The van der Waals surface area contributed by atoms with Gasteiger partial charge in [0.05, 0.1) is 25.9 Å². The first-order valence-corrected chi connectivity index (χ1v) is 15.6. The van der Waals surface area contributed by atoms with Gasteiger partial charge in [-0.3, -0.25) is 9.59 Å². The second-order valence-electron chi connectivity index (χ2n) is 12.2. The van der Waals surface area contributed by atoms with Crippen LogP contribution < -0.4 is 26.2 Å². The van der Waals surface area contributed by atoms with Crippen molar-refractivity contribution in [3.8, 4) is 11.1 Å². The van der Waals surface area contributed by atoms with Gasteiger partial charge in [0.15, 0.2) is 0 Å². The highest BCUT2D eigenvalue weighted by atomic mass is 16.3. The summed E-state index contributed by atoms with van der Waals surface area (Å²) in [6.45, 7) is 4.14. The van der Waals surface area contributed by atoms with Gasteiger partial charge in [-0.25, -0.2) is 4.79 Å². The van der Waals surface area contributed by atoms with Crippen molar-refractivity contribution in [2.45, 2.75) is 63.9 Å². The number of rotatable bonds is 14. The second-order valence-corrected chi connectivity index (χ2v) is 12.2. The molecule has 246 valence electrons. The van der Waals surface area contributed by atoms with Crippen LogP contribution in [-0.2, 0) is 29.1 Å². The summed E-state index contributed by atoms with van der Waals surface area (Å²) in [5.74, 6) is -0.455. The molecule has 0 bridgehead atoms. The number of hydrogen-bond acceptors (Lipinski definition) is 7. The first-order valence-electron chi connectivity index (χ1n) is 15.6. The largest absolute Gasteiger partial charge is 0.395 e. The van der Waals surface area contributed by atoms with Gasteiger partial charge in [-0.1, -0.05) is 66.7 Å². The number of urea groups is 1. The van der Waals surface area contributed by atoms with Crippen LogP contribution in [0.15, 0.2) is 72.8 Å². The number of β-amino-alcohol motifs (C(OH)–C–C–N with tert-alkyl or cyclic N) is 1. The SMILES string of the molecule is CC(C)(CC(=O)N[C@@H]1CCc2ccccc2N(Cc2ccc(-c3ccccc3CNC(=O)NCCO)cc2)C1=O)NC[C@H](O)CO. The molecule has 0 spiro atoms. The van der Waals surface area contributed by atoms with Gasteiger partial charge in [0.25, 0.3) is 0 Å². The van der Waals surface area contributed by atoms with E-state index in [9.17, 15) is 19.5 Å². The molecule has 1 heterocycles. The standard InChI is InChI=1S/C35H45N5O6/c1-35(2,38-21-28(43)23-42)19-32(44)39-30-16-15-26-7-4-6-10-31(26)40(33(30)45)22-24-11-13-25(14-12-24)29-9-5-3-8-27(29)20-37-34(46)36-17-18-41/h3-14,28,30,38,41-43H,15-23H2,1-2H3,(H,39,44)(H2,36,37,46)/t28-,30+/m0/s1. The monoisotopic (exact) mass is 631 g/mol. The summed E-state index contributed by atoms with van der Waals surface area (Å²) >= 11 is 0. The smallest absolute Gasteiger partial charge is 0.315 e. The Morgan fingerprint density at radius 1 is 0.978 bits per heavy atom. The molecule has 4 amide bonds. The quantitative estimate of drug-likeness (QED) is 0.143. The van der Waals surface area contributed by atoms with Crippen LogP contribution in [0.25, 0.3) is 11.1 Å². The number of aliphatic hydroxyl groups is 3. The Bertz CT molecular complexity index is 1480. The molecule has 46 heavy (non-hydrogen) atoms. The van der Waals surface area contributed by atoms with Gasteiger partial charge >= 0.3 is 6.03 Å². The average molecular weight is 632 g/mol. The minimum absolute atomic E-state index is 0.0909. The highest BCUT2D eigenvalue weighted by molar-refractivity contribution is 6.00. The van der Waals surface area contributed by atoms with E-state index in [2.05, 4.69) is 21.3 Å². The lowest BCUT2D eigenvalue weighted by Crippen LogP contribution is -2.51. The summed E-state index contributed by atoms with van der Waals surface area (Å²) in [6, 6.07) is 22.5. The number of aryl methyl sites for hydroxylation is 1. The molecule has 3 aromatic carbocycles. The van der Waals surface area contributed by atoms with Crippen LogP contribution in [0.1, 0.15) is 43.4 Å². The summed E-state index contributed by atoms with van der Waals surface area (Å²) in [4.78, 5) is 40.8. The zero-order chi connectivity index (χ0) is 33.1. The van der Waals surface area contributed by atoms with Crippen molar-refractivity contribution < 1.29 is 29.7 Å². The van der Waals surface area contributed by atoms with Crippen molar-refractivity contribution in [3.05, 3.63) is 89.5 Å². The predicted molar refractivity (Wildman–Crippen MR) is 177 cm³/mol. The lowest BCUT2D eigenvalue weighted by Gasteiger charge is -2.29. The zero-order valence-corrected chi connectivity index (χ0v) is 26.5. The summed E-state index contributed by atoms with van der Waals surface area (Å²) < 4.78 is 0. The number of anilines is 1. The molecule has 11 nitrogen and oxygen atoms in total. The fraction of sp³-hybridized carbons (Fsp3) is 0.400. The molecule has 2 atom stereocenters. The van der Waals surface area contributed by atoms with Gasteiger partial charge in [-0.2, -0.15) is 0 Å². The number of amides is 4. The van der Waals surface area contributed by atoms with Crippen LogP contribution >= 0.6 is 0 Å². The maximum atomic E-state index is 14.0. The number of benzene rings is 3. The van der Waals surface area contributed by atoms with E-state index in [1.54, 1.807) is 4.90 Å². The van der Waals surface area contributed by atoms with Crippen molar-refractivity contribution >= 4 is 23.5 Å². The number of aliphatic hydroxyl groups excluding tert-OH is 3. The van der Waals surface area contributed by atoms with E-state index in [0.29, 0.717) is 25.9 Å². The minimum Gasteiger partial charge on any atom is -0.395 e. The summed E-state index contributed by atoms with van der Waals surface area (Å²) in [5.41, 5.74) is 5.00. The van der Waals surface area contributed by atoms with Crippen LogP contribution in [-0.4, -0.2) is 77.2 Å². The van der Waals surface area contributed by atoms with Crippen LogP contribution in [0, 0.1) is 0 Å². The summed E-state index contributed by atoms with van der Waals surface area (Å²) in [7, 11) is 0. The molecule has 4 rings (SSSR count). The predicted octanol–water partition coefficient (Wildman–Crippen LogP) is 2.22. The number of nitrogens with one attached hydrogen (secondary N) is 4. The van der Waals surface area contributed by atoms with Gasteiger partial charge in [-0.15, -0.1) is 0 Å². The Morgan fingerprint density at radius 2 is 1.70 bits per heavy atom. The molecule has 1 aliphatic rings. The van der Waals surface area contributed by atoms with Crippen molar-refractivity contribution in [3.63, 3.8) is 0 Å². The van der Waals surface area contributed by atoms with Gasteiger partial charge in [0.1, 0.15) is 6.04 Å². The zero-order valence-electron chi connectivity index (χ0n) is 26.5. The Kier molecular flexibility index (Phi) is 12.3. The topological polar surface area (TPSA) is 163 Å². The number of carbonyl (C=O) groups is 3. The number of hydrogen-bond donors (Lipinski definition) is 7. The molecule has 3 aromatic rings. The van der Waals surface area contributed by atoms with Crippen molar-refractivity contribution in [2.75, 3.05) is 31.2 Å². The Hall–Kier alpha value is -4.29. The van der Waals surface area contributed by atoms with Crippen LogP contribution in [0.4, 0.5) is 10.5 Å². The molecule has 1 aliphatic heterocycles. The summed E-state index contributed by atoms with van der Waals surface area (Å²) in [5, 5.41) is 39.2. The van der Waals surface area contributed by atoms with Gasteiger partial charge in [0.2, 0.25) is 11.8 Å². The molecule has 0 saturated carbocycles. The Labute approximate surface area is 270 Å². The van der Waals surface area contributed by atoms with Crippen molar-refractivity contribution in [1.82, 2.24) is 21.3 Å². The molecule has 7 N–H and O–H groups in total. The van der Waals surface area contributed by atoms with Crippen molar-refractivity contribution in [2.24, 2.45) is 0 Å². The fourth-order valence-corrected chi connectivity index (χ4v) is 5.52. The molecule has 11 heteroatoms. The number of carbonyl (C=O) groups excluding carboxylic acids is 3. The molecular formula is C35H45N5O6. The minimum atomic E-state index is -0.922. The fourth-order valence-electron chi connectivity index (χ4n) is 5.52. The Balaban J connectivity index is 1.47. The maximum Gasteiger partial charge on any atom is 0.315 e. The van der Waals surface area contributed by atoms with E-state index < -0.39 is 17.7 Å². The van der Waals surface area contributed by atoms with Gasteiger partial charge < -0.3 is 41.5 Å². The van der Waals surface area contributed by atoms with Crippen LogP contribution in [0.3, 0.4) is 0 Å². The van der Waals surface area contributed by atoms with Crippen molar-refractivity contribution in [1.29, 1.82) is 0 Å². The second kappa shape index (κ2) is 16.3. The lowest BCUT2D eigenvalue weighted by atomic mass is 9.98. The third-order valence-corrected chi connectivity index (χ3v) is 7.97. The average Bonchev–Trinajstić information content (AvgIpc) is 3.18. The Morgan fingerprint density at radius 3 is 2.43 bits per heavy atom. The molecular weight excluding hydrogens is 586 g/mol. The van der Waals surface area contributed by atoms with Gasteiger partial charge in [0, 0.05) is 37.3 Å². The summed E-state index contributed by atoms with van der Waals surface area (Å²) in [6.07, 6.45) is 0.273. The highest BCUT2D eigenvalue weighted by Crippen LogP contribution is 2.30. The molecule has 0 aromatic heterocycles. The number of para-hydroxylation sites is 1. The normalized spacial score (nSPS) is 15.5. The third-order valence-electron chi connectivity index (χ3n) is 7.97. The van der Waals surface area contributed by atoms with Crippen LogP contribution in [0.5, 0.6) is 0 Å². The van der Waals surface area contributed by atoms with E-state index >= 15 is 0 Å². The van der Waals surface area contributed by atoms with E-state index in [-0.39, 0.29) is 50.6 Å². The lowest BCUT2D eigenvalue weighted by molar-refractivity contribution is -0.128. The van der Waals surface area contributed by atoms with E-state index in [1.807, 2.05) is 86.6 Å². The highest BCUT2D eigenvalue weighted by Gasteiger charge is 2.32. The maximum absolute atomic E-state index is 14.0. The number of nitrogens with zero attached hydrogens (tertiary/aromatic N) is 1. The molecule has 0 fully saturated rings. The van der Waals surface area contributed by atoms with E-state index in [0.717, 1.165) is 33.5 Å². The molecule has 0 radical (unpaired) electrons. The number of fused-ring (bicyclic) bond motifs is 1. The van der Waals surface area contributed by atoms with E-state index in [4.69, 9.17) is 10.2 Å². The van der Waals surface area contributed by atoms with Gasteiger partial charge in [-0.05, 0) is 60.6 Å². The third kappa shape index (κ3) is 9.60. The van der Waals surface area contributed by atoms with E-state index in [1.165, 1.54) is 0 Å².